The SMILES string of the molecule is Cc1ccncc1-c1noc(CN)n1. The number of hydrogen-bond acceptors (Lipinski definition) is 5. The molecule has 0 aliphatic heterocycles. The van der Waals surface area contributed by atoms with Gasteiger partial charge in [-0.3, -0.25) is 4.98 Å². The van der Waals surface area contributed by atoms with Crippen molar-refractivity contribution in [2.75, 3.05) is 0 Å². The van der Waals surface area contributed by atoms with Crippen LogP contribution in [0, 0.1) is 6.92 Å². The molecule has 2 N–H and O–H groups in total. The summed E-state index contributed by atoms with van der Waals surface area (Å²) in [4.78, 5) is 8.12. The molecule has 14 heavy (non-hydrogen) atoms. The number of pyridine rings is 1. The molecule has 0 radical (unpaired) electrons. The van der Waals surface area contributed by atoms with E-state index in [9.17, 15) is 0 Å². The molecular weight excluding hydrogens is 180 g/mol. The molecule has 0 unspecified atom stereocenters. The van der Waals surface area contributed by atoms with Gasteiger partial charge < -0.3 is 10.3 Å². The molecule has 0 bridgehead atoms. The zero-order valence-corrected chi connectivity index (χ0v) is 7.77. The van der Waals surface area contributed by atoms with Crippen molar-refractivity contribution in [3.8, 4) is 11.4 Å². The third kappa shape index (κ3) is 1.49. The molecule has 72 valence electrons. The summed E-state index contributed by atoms with van der Waals surface area (Å²) in [5.41, 5.74) is 7.30. The molecule has 0 saturated carbocycles. The Kier molecular flexibility index (Phi) is 2.24. The van der Waals surface area contributed by atoms with Crippen LogP contribution < -0.4 is 5.73 Å². The Morgan fingerprint density at radius 2 is 2.36 bits per heavy atom. The van der Waals surface area contributed by atoms with Crippen molar-refractivity contribution in [2.24, 2.45) is 5.73 Å². The van der Waals surface area contributed by atoms with Crippen molar-refractivity contribution in [1.29, 1.82) is 0 Å². The molecule has 0 aromatic carbocycles. The molecule has 2 aromatic rings. The van der Waals surface area contributed by atoms with Crippen molar-refractivity contribution in [3.63, 3.8) is 0 Å². The second kappa shape index (κ2) is 3.55. The monoisotopic (exact) mass is 190 g/mol. The molecule has 0 aliphatic rings. The highest BCUT2D eigenvalue weighted by Gasteiger charge is 2.09. The Morgan fingerprint density at radius 3 is 3.00 bits per heavy atom. The van der Waals surface area contributed by atoms with Gasteiger partial charge in [-0.25, -0.2) is 0 Å². The Balaban J connectivity index is 2.44. The van der Waals surface area contributed by atoms with Gasteiger partial charge in [-0.1, -0.05) is 5.16 Å². The van der Waals surface area contributed by atoms with Crippen molar-refractivity contribution >= 4 is 0 Å². The smallest absolute Gasteiger partial charge is 0.240 e. The van der Waals surface area contributed by atoms with Crippen LogP contribution in [0.1, 0.15) is 11.5 Å². The van der Waals surface area contributed by atoms with Crippen LogP contribution in [-0.4, -0.2) is 15.1 Å². The van der Waals surface area contributed by atoms with E-state index < -0.39 is 0 Å². The molecule has 0 fully saturated rings. The minimum atomic E-state index is 0.256. The van der Waals surface area contributed by atoms with E-state index in [0.717, 1.165) is 11.1 Å². The van der Waals surface area contributed by atoms with Gasteiger partial charge in [0.15, 0.2) is 0 Å². The molecule has 5 nitrogen and oxygen atoms in total. The topological polar surface area (TPSA) is 77.8 Å². The van der Waals surface area contributed by atoms with Crippen LogP contribution >= 0.6 is 0 Å². The van der Waals surface area contributed by atoms with Gasteiger partial charge in [0.25, 0.3) is 0 Å². The number of rotatable bonds is 2. The molecule has 2 heterocycles. The highest BCUT2D eigenvalue weighted by atomic mass is 16.5. The van der Waals surface area contributed by atoms with Crippen molar-refractivity contribution < 1.29 is 4.52 Å². The molecule has 0 amide bonds. The van der Waals surface area contributed by atoms with Gasteiger partial charge in [-0.15, -0.1) is 0 Å². The summed E-state index contributed by atoms with van der Waals surface area (Å²) in [6, 6.07) is 1.90. The largest absolute Gasteiger partial charge is 0.338 e. The average molecular weight is 190 g/mol. The normalized spacial score (nSPS) is 10.4. The highest BCUT2D eigenvalue weighted by Crippen LogP contribution is 2.18. The van der Waals surface area contributed by atoms with E-state index >= 15 is 0 Å². The second-order valence-electron chi connectivity index (χ2n) is 2.91. The molecule has 0 atom stereocenters. The average Bonchev–Trinajstić information content (AvgIpc) is 2.67. The molecular formula is C9H10N4O. The fourth-order valence-electron chi connectivity index (χ4n) is 1.15. The molecule has 2 aromatic heterocycles. The van der Waals surface area contributed by atoms with E-state index in [1.54, 1.807) is 12.4 Å². The minimum absolute atomic E-state index is 0.256. The van der Waals surface area contributed by atoms with Crippen molar-refractivity contribution in [1.82, 2.24) is 15.1 Å². The maximum atomic E-state index is 5.37. The number of hydrogen-bond donors (Lipinski definition) is 1. The van der Waals surface area contributed by atoms with Crippen LogP contribution in [0.25, 0.3) is 11.4 Å². The quantitative estimate of drug-likeness (QED) is 0.761. The first kappa shape index (κ1) is 8.83. The maximum Gasteiger partial charge on any atom is 0.240 e. The molecule has 5 heteroatoms. The summed E-state index contributed by atoms with van der Waals surface area (Å²) in [7, 11) is 0. The van der Waals surface area contributed by atoms with Gasteiger partial charge in [0, 0.05) is 18.0 Å². The van der Waals surface area contributed by atoms with Gasteiger partial charge in [0.1, 0.15) is 0 Å². The van der Waals surface area contributed by atoms with Gasteiger partial charge >= 0.3 is 0 Å². The number of aryl methyl sites for hydroxylation is 1. The van der Waals surface area contributed by atoms with Gasteiger partial charge in [-0.05, 0) is 18.6 Å². The predicted octanol–water partition coefficient (Wildman–Crippen LogP) is 0.899. The first-order chi connectivity index (χ1) is 6.81. The third-order valence-corrected chi connectivity index (χ3v) is 1.92. The van der Waals surface area contributed by atoms with E-state index in [4.69, 9.17) is 10.3 Å². The van der Waals surface area contributed by atoms with Gasteiger partial charge in [-0.2, -0.15) is 4.98 Å². The summed E-state index contributed by atoms with van der Waals surface area (Å²) in [6.45, 7) is 2.22. The Morgan fingerprint density at radius 1 is 1.50 bits per heavy atom. The molecule has 0 aliphatic carbocycles. The molecule has 0 spiro atoms. The van der Waals surface area contributed by atoms with Crippen molar-refractivity contribution in [2.45, 2.75) is 13.5 Å². The lowest BCUT2D eigenvalue weighted by atomic mass is 10.1. The lowest BCUT2D eigenvalue weighted by Crippen LogP contribution is -1.95. The Bertz CT molecular complexity index is 438. The first-order valence-corrected chi connectivity index (χ1v) is 4.25. The second-order valence-corrected chi connectivity index (χ2v) is 2.91. The summed E-state index contributed by atoms with van der Waals surface area (Å²) in [5, 5.41) is 3.81. The predicted molar refractivity (Wildman–Crippen MR) is 50.2 cm³/mol. The summed E-state index contributed by atoms with van der Waals surface area (Å²) < 4.78 is 4.91. The van der Waals surface area contributed by atoms with E-state index in [0.29, 0.717) is 11.7 Å². The van der Waals surface area contributed by atoms with Crippen LogP contribution in [-0.2, 0) is 6.54 Å². The lowest BCUT2D eigenvalue weighted by Gasteiger charge is -1.96. The lowest BCUT2D eigenvalue weighted by molar-refractivity contribution is 0.380. The number of nitrogens with zero attached hydrogens (tertiary/aromatic N) is 3. The summed E-state index contributed by atoms with van der Waals surface area (Å²) in [5.74, 6) is 0.972. The number of nitrogens with two attached hydrogens (primary N) is 1. The van der Waals surface area contributed by atoms with E-state index in [2.05, 4.69) is 15.1 Å². The zero-order chi connectivity index (χ0) is 9.97. The van der Waals surface area contributed by atoms with Crippen LogP contribution in [0.5, 0.6) is 0 Å². The van der Waals surface area contributed by atoms with Crippen LogP contribution in [0.2, 0.25) is 0 Å². The standard InChI is InChI=1S/C9H10N4O/c1-6-2-3-11-5-7(6)9-12-8(4-10)14-13-9/h2-3,5H,4,10H2,1H3. The van der Waals surface area contributed by atoms with E-state index in [1.807, 2.05) is 13.0 Å². The van der Waals surface area contributed by atoms with Crippen LogP contribution in [0.4, 0.5) is 0 Å². The summed E-state index contributed by atoms with van der Waals surface area (Å²) >= 11 is 0. The minimum Gasteiger partial charge on any atom is -0.338 e. The van der Waals surface area contributed by atoms with E-state index in [1.165, 1.54) is 0 Å². The molecule has 2 rings (SSSR count). The Hall–Kier alpha value is -1.75. The number of aromatic nitrogens is 3. The first-order valence-electron chi connectivity index (χ1n) is 4.25. The van der Waals surface area contributed by atoms with Crippen molar-refractivity contribution in [3.05, 3.63) is 29.9 Å². The van der Waals surface area contributed by atoms with E-state index in [-0.39, 0.29) is 6.54 Å². The highest BCUT2D eigenvalue weighted by molar-refractivity contribution is 5.57. The van der Waals surface area contributed by atoms with Crippen LogP contribution in [0.3, 0.4) is 0 Å². The third-order valence-electron chi connectivity index (χ3n) is 1.92. The fraction of sp³-hybridized carbons (Fsp3) is 0.222. The summed E-state index contributed by atoms with van der Waals surface area (Å²) in [6.07, 6.45) is 3.43. The Labute approximate surface area is 81.0 Å². The zero-order valence-electron chi connectivity index (χ0n) is 7.77. The molecule has 0 saturated heterocycles. The van der Waals surface area contributed by atoms with Gasteiger partial charge in [0.05, 0.1) is 6.54 Å². The van der Waals surface area contributed by atoms with Crippen LogP contribution in [0.15, 0.2) is 23.0 Å². The fourth-order valence-corrected chi connectivity index (χ4v) is 1.15. The maximum absolute atomic E-state index is 5.37. The van der Waals surface area contributed by atoms with Gasteiger partial charge in [0.2, 0.25) is 11.7 Å².